The number of hydrogen-bond acceptors (Lipinski definition) is 1. The maximum absolute atomic E-state index is 13.2. The van der Waals surface area contributed by atoms with E-state index in [0.717, 1.165) is 23.3 Å². The first-order valence-corrected chi connectivity index (χ1v) is 5.83. The first kappa shape index (κ1) is 13.0. The molecule has 0 bridgehead atoms. The van der Waals surface area contributed by atoms with Crippen molar-refractivity contribution in [1.82, 2.24) is 0 Å². The Labute approximate surface area is 109 Å². The Balaban J connectivity index is 2.44. The van der Waals surface area contributed by atoms with Gasteiger partial charge in [0.05, 0.1) is 6.04 Å². The zero-order valence-electron chi connectivity index (χ0n) is 9.75. The Morgan fingerprint density at radius 3 is 2.44 bits per heavy atom. The average Bonchev–Trinajstić information content (AvgIpc) is 2.35. The lowest BCUT2D eigenvalue weighted by Gasteiger charge is -2.15. The summed E-state index contributed by atoms with van der Waals surface area (Å²) in [5, 5.41) is 0.564. The predicted octanol–water partition coefficient (Wildman–Crippen LogP) is 3.97. The van der Waals surface area contributed by atoms with Gasteiger partial charge in [-0.3, -0.25) is 0 Å². The topological polar surface area (TPSA) is 26.0 Å². The summed E-state index contributed by atoms with van der Waals surface area (Å²) < 4.78 is 26.0. The van der Waals surface area contributed by atoms with Crippen molar-refractivity contribution in [3.63, 3.8) is 0 Å². The van der Waals surface area contributed by atoms with Gasteiger partial charge in [-0.25, -0.2) is 8.78 Å². The normalized spacial score (nSPS) is 12.5. The van der Waals surface area contributed by atoms with E-state index in [1.807, 2.05) is 13.0 Å². The molecule has 2 aromatic rings. The van der Waals surface area contributed by atoms with Gasteiger partial charge in [-0.05, 0) is 47.9 Å². The summed E-state index contributed by atoms with van der Waals surface area (Å²) in [6, 6.07) is 8.48. The molecule has 0 spiro atoms. The van der Waals surface area contributed by atoms with E-state index in [1.54, 1.807) is 12.1 Å². The van der Waals surface area contributed by atoms with Gasteiger partial charge in [-0.1, -0.05) is 23.7 Å². The van der Waals surface area contributed by atoms with Crippen LogP contribution in [0, 0.1) is 18.6 Å². The highest BCUT2D eigenvalue weighted by molar-refractivity contribution is 6.30. The average molecular weight is 268 g/mol. The maximum Gasteiger partial charge on any atom is 0.159 e. The Kier molecular flexibility index (Phi) is 3.64. The second kappa shape index (κ2) is 5.04. The van der Waals surface area contributed by atoms with Crippen LogP contribution in [-0.4, -0.2) is 0 Å². The molecule has 2 N–H and O–H groups in total. The summed E-state index contributed by atoms with van der Waals surface area (Å²) in [5.74, 6) is -1.78. The standard InChI is InChI=1S/C14H12ClF2N/c1-8-2-4-10(15)7-11(8)14(18)9-3-5-12(16)13(17)6-9/h2-7,14H,18H2,1H3. The Bertz CT molecular complexity index is 584. The third kappa shape index (κ3) is 2.52. The smallest absolute Gasteiger partial charge is 0.159 e. The molecule has 0 radical (unpaired) electrons. The summed E-state index contributed by atoms with van der Waals surface area (Å²) >= 11 is 5.92. The van der Waals surface area contributed by atoms with Crippen molar-refractivity contribution < 1.29 is 8.78 Å². The highest BCUT2D eigenvalue weighted by atomic mass is 35.5. The molecule has 0 amide bonds. The maximum atomic E-state index is 13.2. The van der Waals surface area contributed by atoms with Crippen LogP contribution in [0.25, 0.3) is 0 Å². The summed E-state index contributed by atoms with van der Waals surface area (Å²) in [7, 11) is 0. The van der Waals surface area contributed by atoms with Crippen molar-refractivity contribution in [1.29, 1.82) is 0 Å². The minimum absolute atomic E-state index is 0.513. The molecule has 2 aromatic carbocycles. The number of benzene rings is 2. The van der Waals surface area contributed by atoms with Crippen molar-refractivity contribution in [3.8, 4) is 0 Å². The van der Waals surface area contributed by atoms with E-state index in [1.165, 1.54) is 6.07 Å². The van der Waals surface area contributed by atoms with E-state index in [4.69, 9.17) is 17.3 Å². The lowest BCUT2D eigenvalue weighted by molar-refractivity contribution is 0.506. The highest BCUT2D eigenvalue weighted by Gasteiger charge is 2.14. The SMILES string of the molecule is Cc1ccc(Cl)cc1C(N)c1ccc(F)c(F)c1. The molecule has 2 rings (SSSR count). The van der Waals surface area contributed by atoms with Crippen LogP contribution in [0.4, 0.5) is 8.78 Å². The molecule has 1 atom stereocenters. The van der Waals surface area contributed by atoms with Crippen LogP contribution < -0.4 is 5.73 Å². The van der Waals surface area contributed by atoms with Crippen LogP contribution in [0.2, 0.25) is 5.02 Å². The van der Waals surface area contributed by atoms with Gasteiger partial charge < -0.3 is 5.73 Å². The fourth-order valence-corrected chi connectivity index (χ4v) is 2.01. The van der Waals surface area contributed by atoms with Crippen LogP contribution in [0.5, 0.6) is 0 Å². The van der Waals surface area contributed by atoms with Crippen LogP contribution in [0.15, 0.2) is 36.4 Å². The number of rotatable bonds is 2. The zero-order chi connectivity index (χ0) is 13.3. The molecule has 0 aromatic heterocycles. The van der Waals surface area contributed by atoms with Gasteiger partial charge in [-0.15, -0.1) is 0 Å². The van der Waals surface area contributed by atoms with Crippen molar-refractivity contribution in [3.05, 3.63) is 69.7 Å². The van der Waals surface area contributed by atoms with Gasteiger partial charge >= 0.3 is 0 Å². The highest BCUT2D eigenvalue weighted by Crippen LogP contribution is 2.26. The fraction of sp³-hybridized carbons (Fsp3) is 0.143. The molecule has 4 heteroatoms. The molecule has 0 aliphatic heterocycles. The molecule has 0 saturated carbocycles. The molecule has 0 aliphatic carbocycles. The summed E-state index contributed by atoms with van der Waals surface area (Å²) in [6.07, 6.45) is 0. The van der Waals surface area contributed by atoms with Crippen molar-refractivity contribution in [2.45, 2.75) is 13.0 Å². The summed E-state index contributed by atoms with van der Waals surface area (Å²) in [5.41, 5.74) is 8.33. The molecular formula is C14H12ClF2N. The molecule has 18 heavy (non-hydrogen) atoms. The van der Waals surface area contributed by atoms with Crippen molar-refractivity contribution >= 4 is 11.6 Å². The quantitative estimate of drug-likeness (QED) is 0.875. The summed E-state index contributed by atoms with van der Waals surface area (Å²) in [6.45, 7) is 1.89. The number of hydrogen-bond donors (Lipinski definition) is 1. The van der Waals surface area contributed by atoms with Crippen molar-refractivity contribution in [2.75, 3.05) is 0 Å². The third-order valence-corrected chi connectivity index (χ3v) is 3.11. The van der Waals surface area contributed by atoms with E-state index in [0.29, 0.717) is 10.6 Å². The van der Waals surface area contributed by atoms with E-state index in [9.17, 15) is 8.78 Å². The molecule has 1 nitrogen and oxygen atoms in total. The Morgan fingerprint density at radius 1 is 1.06 bits per heavy atom. The lowest BCUT2D eigenvalue weighted by Crippen LogP contribution is -2.13. The second-order valence-electron chi connectivity index (χ2n) is 4.15. The molecule has 0 aliphatic rings. The minimum atomic E-state index is -0.900. The molecule has 0 heterocycles. The largest absolute Gasteiger partial charge is 0.320 e. The Morgan fingerprint density at radius 2 is 1.78 bits per heavy atom. The number of nitrogens with two attached hydrogens (primary N) is 1. The van der Waals surface area contributed by atoms with Crippen LogP contribution >= 0.6 is 11.6 Å². The molecule has 0 fully saturated rings. The van der Waals surface area contributed by atoms with Gasteiger partial charge in [0.2, 0.25) is 0 Å². The van der Waals surface area contributed by atoms with E-state index >= 15 is 0 Å². The minimum Gasteiger partial charge on any atom is -0.320 e. The first-order valence-electron chi connectivity index (χ1n) is 5.45. The van der Waals surface area contributed by atoms with Gasteiger partial charge in [-0.2, -0.15) is 0 Å². The predicted molar refractivity (Wildman–Crippen MR) is 68.6 cm³/mol. The van der Waals surface area contributed by atoms with Crippen LogP contribution in [0.1, 0.15) is 22.7 Å². The van der Waals surface area contributed by atoms with Gasteiger partial charge in [0.1, 0.15) is 0 Å². The summed E-state index contributed by atoms with van der Waals surface area (Å²) in [4.78, 5) is 0. The first-order chi connectivity index (χ1) is 8.49. The van der Waals surface area contributed by atoms with E-state index < -0.39 is 17.7 Å². The zero-order valence-corrected chi connectivity index (χ0v) is 10.5. The van der Waals surface area contributed by atoms with E-state index in [2.05, 4.69) is 0 Å². The molecular weight excluding hydrogens is 256 g/mol. The van der Waals surface area contributed by atoms with Gasteiger partial charge in [0.25, 0.3) is 0 Å². The van der Waals surface area contributed by atoms with Crippen LogP contribution in [0.3, 0.4) is 0 Å². The molecule has 1 unspecified atom stereocenters. The van der Waals surface area contributed by atoms with Gasteiger partial charge in [0.15, 0.2) is 11.6 Å². The molecule has 94 valence electrons. The Hall–Kier alpha value is -1.45. The van der Waals surface area contributed by atoms with Crippen LogP contribution in [-0.2, 0) is 0 Å². The number of halogens is 3. The van der Waals surface area contributed by atoms with Crippen molar-refractivity contribution in [2.24, 2.45) is 5.73 Å². The van der Waals surface area contributed by atoms with E-state index in [-0.39, 0.29) is 0 Å². The molecule has 0 saturated heterocycles. The number of aryl methyl sites for hydroxylation is 1. The lowest BCUT2D eigenvalue weighted by atomic mass is 9.96. The van der Waals surface area contributed by atoms with Gasteiger partial charge in [0, 0.05) is 5.02 Å². The third-order valence-electron chi connectivity index (χ3n) is 2.88. The monoisotopic (exact) mass is 267 g/mol. The fourth-order valence-electron chi connectivity index (χ4n) is 1.83. The second-order valence-corrected chi connectivity index (χ2v) is 4.59.